The number of aliphatic hydroxyl groups is 2. The Morgan fingerprint density at radius 2 is 1.74 bits per heavy atom. The van der Waals surface area contributed by atoms with Crippen molar-refractivity contribution >= 4 is 17.5 Å². The maximum absolute atomic E-state index is 14.0. The summed E-state index contributed by atoms with van der Waals surface area (Å²) in [5.41, 5.74) is 1.95. The lowest BCUT2D eigenvalue weighted by Gasteiger charge is -2.38. The quantitative estimate of drug-likeness (QED) is 0.194. The van der Waals surface area contributed by atoms with Gasteiger partial charge in [0.15, 0.2) is 23.4 Å². The summed E-state index contributed by atoms with van der Waals surface area (Å²) in [6.45, 7) is 4.95. The van der Waals surface area contributed by atoms with Gasteiger partial charge in [0.2, 0.25) is 0 Å². The van der Waals surface area contributed by atoms with E-state index in [-0.39, 0.29) is 41.2 Å². The van der Waals surface area contributed by atoms with Crippen LogP contribution >= 0.6 is 0 Å². The van der Waals surface area contributed by atoms with Gasteiger partial charge >= 0.3 is 0 Å². The van der Waals surface area contributed by atoms with Crippen molar-refractivity contribution in [2.75, 3.05) is 32.1 Å². The number of hydrogen-bond donors (Lipinski definition) is 3. The molecule has 1 aliphatic rings. The molecule has 0 saturated carbocycles. The monoisotopic (exact) mass is 641 g/mol. The number of aliphatic hydroxyl groups excluding tert-OH is 2. The molecule has 246 valence electrons. The molecule has 0 aliphatic carbocycles. The molecule has 0 fully saturated rings. The topological polar surface area (TPSA) is 112 Å². The molecule has 1 heterocycles. The lowest BCUT2D eigenvalue weighted by molar-refractivity contribution is -0.124. The largest absolute Gasteiger partial charge is 0.486 e. The molecule has 1 unspecified atom stereocenters. The lowest BCUT2D eigenvalue weighted by Crippen LogP contribution is -2.49. The van der Waals surface area contributed by atoms with Gasteiger partial charge < -0.3 is 29.9 Å². The number of likely N-dealkylation sites (N-methyl/N-ethyl adjacent to an activating group) is 1. The number of nitrogens with zero attached hydrogens (tertiary/aromatic N) is 2. The molecule has 0 radical (unpaired) electrons. The fourth-order valence-electron chi connectivity index (χ4n) is 5.55. The molecule has 0 spiro atoms. The summed E-state index contributed by atoms with van der Waals surface area (Å²) in [6, 6.07) is 26.7. The third kappa shape index (κ3) is 8.15. The maximum atomic E-state index is 14.0. The zero-order chi connectivity index (χ0) is 33.5. The number of ether oxygens (including phenoxy) is 2. The van der Waals surface area contributed by atoms with Crippen molar-refractivity contribution in [3.05, 3.63) is 120 Å². The molecular formula is C37H40FN3O6. The minimum Gasteiger partial charge on any atom is -0.486 e. The Morgan fingerprint density at radius 3 is 2.45 bits per heavy atom. The number of hydrogen-bond acceptors (Lipinski definition) is 7. The normalized spacial score (nSPS) is 17.6. The van der Waals surface area contributed by atoms with Gasteiger partial charge in [0.1, 0.15) is 11.9 Å². The summed E-state index contributed by atoms with van der Waals surface area (Å²) in [6.07, 6.45) is -1.84. The van der Waals surface area contributed by atoms with E-state index in [2.05, 4.69) is 10.2 Å². The van der Waals surface area contributed by atoms with E-state index in [1.54, 1.807) is 90.7 Å². The van der Waals surface area contributed by atoms with E-state index in [0.717, 1.165) is 5.56 Å². The van der Waals surface area contributed by atoms with Crippen molar-refractivity contribution in [2.45, 2.75) is 38.6 Å². The second-order valence-corrected chi connectivity index (χ2v) is 12.0. The van der Waals surface area contributed by atoms with E-state index in [9.17, 15) is 24.2 Å². The first-order valence-corrected chi connectivity index (χ1v) is 15.6. The van der Waals surface area contributed by atoms with Crippen molar-refractivity contribution in [1.29, 1.82) is 0 Å². The summed E-state index contributed by atoms with van der Waals surface area (Å²) in [4.78, 5) is 30.7. The fourth-order valence-corrected chi connectivity index (χ4v) is 5.55. The van der Waals surface area contributed by atoms with E-state index in [4.69, 9.17) is 9.47 Å². The Kier molecular flexibility index (Phi) is 10.9. The number of carbonyl (C=O) groups is 2. The summed E-state index contributed by atoms with van der Waals surface area (Å²) >= 11 is 0. The molecular weight excluding hydrogens is 601 g/mol. The van der Waals surface area contributed by atoms with Gasteiger partial charge in [-0.25, -0.2) is 4.39 Å². The Bertz CT molecular complexity index is 1670. The van der Waals surface area contributed by atoms with Gasteiger partial charge in [-0.1, -0.05) is 67.6 Å². The van der Waals surface area contributed by atoms with E-state index in [1.165, 1.54) is 6.07 Å². The molecule has 4 aromatic rings. The van der Waals surface area contributed by atoms with Crippen molar-refractivity contribution in [2.24, 2.45) is 5.92 Å². The van der Waals surface area contributed by atoms with Crippen LogP contribution in [0, 0.1) is 11.7 Å². The van der Waals surface area contributed by atoms with E-state index < -0.39 is 30.0 Å². The number of halogens is 1. The number of anilines is 1. The molecule has 9 nitrogen and oxygen atoms in total. The third-order valence-electron chi connectivity index (χ3n) is 8.24. The first-order valence-electron chi connectivity index (χ1n) is 15.6. The predicted octanol–water partition coefficient (Wildman–Crippen LogP) is 5.64. The highest BCUT2D eigenvalue weighted by Gasteiger charge is 2.35. The SMILES string of the molecule is CC(CO)N1C[C@@H](C)[C@@H](CN(C)Cc2ccc(Oc3ccccc3F)cc2)Oc2c(NC(=O)[C@H](O)c3ccccc3)cccc2C1=O. The van der Waals surface area contributed by atoms with Gasteiger partial charge in [0, 0.05) is 25.6 Å². The second-order valence-electron chi connectivity index (χ2n) is 12.0. The zero-order valence-corrected chi connectivity index (χ0v) is 26.7. The van der Waals surface area contributed by atoms with Gasteiger partial charge in [-0.15, -0.1) is 0 Å². The standard InChI is InChI=1S/C37H40FN3O6/c1-24-20-41(25(2)23-42)37(45)29-12-9-14-31(39-36(44)34(43)27-10-5-4-6-11-27)35(29)47-33(24)22-40(3)21-26-16-18-28(19-17-26)46-32-15-8-7-13-30(32)38/h4-19,24-25,33-34,42-43H,20-23H2,1-3H3,(H,39,44)/t24-,25?,33-,34-/m1/s1. The van der Waals surface area contributed by atoms with Crippen molar-refractivity contribution in [1.82, 2.24) is 9.80 Å². The number of benzene rings is 4. The number of para-hydroxylation sites is 2. The smallest absolute Gasteiger partial charge is 0.258 e. The summed E-state index contributed by atoms with van der Waals surface area (Å²) < 4.78 is 26.3. The summed E-state index contributed by atoms with van der Waals surface area (Å²) in [5.74, 6) is -0.689. The molecule has 0 saturated heterocycles. The van der Waals surface area contributed by atoms with Crippen LogP contribution in [0.5, 0.6) is 17.2 Å². The number of carbonyl (C=O) groups excluding carboxylic acids is 2. The molecule has 47 heavy (non-hydrogen) atoms. The number of nitrogens with one attached hydrogen (secondary N) is 1. The molecule has 10 heteroatoms. The van der Waals surface area contributed by atoms with Gasteiger partial charge in [-0.05, 0) is 61.5 Å². The van der Waals surface area contributed by atoms with Crippen LogP contribution in [0.25, 0.3) is 0 Å². The Balaban J connectivity index is 1.36. The van der Waals surface area contributed by atoms with Crippen LogP contribution in [0.4, 0.5) is 10.1 Å². The zero-order valence-electron chi connectivity index (χ0n) is 26.7. The van der Waals surface area contributed by atoms with Crippen molar-refractivity contribution in [3.63, 3.8) is 0 Å². The van der Waals surface area contributed by atoms with Crippen LogP contribution in [0.3, 0.4) is 0 Å². The van der Waals surface area contributed by atoms with Crippen LogP contribution in [-0.2, 0) is 11.3 Å². The second kappa shape index (κ2) is 15.2. The number of rotatable bonds is 11. The van der Waals surface area contributed by atoms with E-state index in [1.807, 2.05) is 26.1 Å². The summed E-state index contributed by atoms with van der Waals surface area (Å²) in [5, 5.41) is 23.5. The van der Waals surface area contributed by atoms with Crippen LogP contribution in [0.2, 0.25) is 0 Å². The fraction of sp³-hybridized carbons (Fsp3) is 0.297. The molecule has 2 amide bonds. The first-order chi connectivity index (χ1) is 22.6. The number of amides is 2. The number of fused-ring (bicyclic) bond motifs is 1. The van der Waals surface area contributed by atoms with Crippen molar-refractivity contribution in [3.8, 4) is 17.2 Å². The highest BCUT2D eigenvalue weighted by molar-refractivity contribution is 6.02. The van der Waals surface area contributed by atoms with Gasteiger partial charge in [-0.3, -0.25) is 14.5 Å². The van der Waals surface area contributed by atoms with Crippen LogP contribution in [-0.4, -0.2) is 70.7 Å². The Hall–Kier alpha value is -4.77. The third-order valence-corrected chi connectivity index (χ3v) is 8.24. The maximum Gasteiger partial charge on any atom is 0.258 e. The minimum atomic E-state index is -1.42. The van der Waals surface area contributed by atoms with Gasteiger partial charge in [-0.2, -0.15) is 0 Å². The molecule has 0 bridgehead atoms. The lowest BCUT2D eigenvalue weighted by atomic mass is 9.98. The molecule has 5 rings (SSSR count). The van der Waals surface area contributed by atoms with E-state index >= 15 is 0 Å². The van der Waals surface area contributed by atoms with Gasteiger partial charge in [0.25, 0.3) is 11.8 Å². The minimum absolute atomic E-state index is 0.154. The molecule has 3 N–H and O–H groups in total. The summed E-state index contributed by atoms with van der Waals surface area (Å²) in [7, 11) is 1.96. The molecule has 0 aromatic heterocycles. The Morgan fingerprint density at radius 1 is 1.04 bits per heavy atom. The average molecular weight is 642 g/mol. The average Bonchev–Trinajstić information content (AvgIpc) is 3.08. The molecule has 4 atom stereocenters. The molecule has 4 aromatic carbocycles. The predicted molar refractivity (Wildman–Crippen MR) is 177 cm³/mol. The van der Waals surface area contributed by atoms with Gasteiger partial charge in [0.05, 0.1) is 23.9 Å². The highest BCUT2D eigenvalue weighted by Crippen LogP contribution is 2.35. The van der Waals surface area contributed by atoms with Crippen LogP contribution < -0.4 is 14.8 Å². The van der Waals surface area contributed by atoms with Crippen LogP contribution in [0.1, 0.15) is 41.4 Å². The Labute approximate surface area is 274 Å². The van der Waals surface area contributed by atoms with E-state index in [0.29, 0.717) is 30.9 Å². The highest BCUT2D eigenvalue weighted by atomic mass is 19.1. The van der Waals surface area contributed by atoms with Crippen molar-refractivity contribution < 1.29 is 33.7 Å². The molecule has 1 aliphatic heterocycles. The van der Waals surface area contributed by atoms with Crippen LogP contribution in [0.15, 0.2) is 97.1 Å². The first kappa shape index (κ1) is 33.6.